The van der Waals surface area contributed by atoms with Gasteiger partial charge in [0.1, 0.15) is 0 Å². The van der Waals surface area contributed by atoms with E-state index in [1.165, 1.54) is 19.2 Å². The van der Waals surface area contributed by atoms with Gasteiger partial charge in [0.05, 0.1) is 30.9 Å². The molecule has 0 unspecified atom stereocenters. The summed E-state index contributed by atoms with van der Waals surface area (Å²) in [7, 11) is 1.43. The fourth-order valence-electron chi connectivity index (χ4n) is 1.84. The molecule has 0 bridgehead atoms. The molecule has 20 heavy (non-hydrogen) atoms. The molecule has 0 saturated heterocycles. The van der Waals surface area contributed by atoms with Gasteiger partial charge in [-0.15, -0.1) is 0 Å². The Balaban J connectivity index is 2.25. The molecule has 0 fully saturated rings. The van der Waals surface area contributed by atoms with E-state index in [9.17, 15) is 13.2 Å². The van der Waals surface area contributed by atoms with Crippen LogP contribution in [0.4, 0.5) is 13.2 Å². The SMILES string of the molecule is COC1=NCC(Cc2ccc(C#N)c(C(F)(F)F)c2)=N1. The molecule has 0 spiro atoms. The summed E-state index contributed by atoms with van der Waals surface area (Å²) >= 11 is 0. The van der Waals surface area contributed by atoms with Crippen molar-refractivity contribution in [2.45, 2.75) is 12.6 Å². The molecular weight excluding hydrogens is 271 g/mol. The second-order valence-corrected chi connectivity index (χ2v) is 4.15. The van der Waals surface area contributed by atoms with Crippen LogP contribution in [0, 0.1) is 11.3 Å². The molecule has 1 aromatic rings. The van der Waals surface area contributed by atoms with Crippen molar-refractivity contribution >= 4 is 11.7 Å². The van der Waals surface area contributed by atoms with Crippen molar-refractivity contribution in [3.63, 3.8) is 0 Å². The van der Waals surface area contributed by atoms with Gasteiger partial charge < -0.3 is 4.74 Å². The predicted molar refractivity (Wildman–Crippen MR) is 66.6 cm³/mol. The molecule has 4 nitrogen and oxygen atoms in total. The van der Waals surface area contributed by atoms with Gasteiger partial charge in [-0.3, -0.25) is 0 Å². The number of aliphatic imine (C=N–C) groups is 2. The molecule has 0 atom stereocenters. The molecule has 0 N–H and O–H groups in total. The lowest BCUT2D eigenvalue weighted by atomic mass is 10.0. The molecule has 1 aliphatic heterocycles. The number of methoxy groups -OCH3 is 1. The second kappa shape index (κ2) is 5.33. The third kappa shape index (κ3) is 2.96. The maximum absolute atomic E-state index is 12.8. The van der Waals surface area contributed by atoms with E-state index in [1.54, 1.807) is 6.07 Å². The summed E-state index contributed by atoms with van der Waals surface area (Å²) in [6.45, 7) is 0.310. The molecule has 1 aliphatic rings. The molecule has 0 amide bonds. The van der Waals surface area contributed by atoms with Crippen LogP contribution in [-0.2, 0) is 17.3 Å². The Bertz CT molecular complexity index is 627. The van der Waals surface area contributed by atoms with Crippen LogP contribution in [0.15, 0.2) is 28.2 Å². The largest absolute Gasteiger partial charge is 0.467 e. The molecule has 0 aromatic heterocycles. The highest BCUT2D eigenvalue weighted by Gasteiger charge is 2.33. The molecule has 104 valence electrons. The van der Waals surface area contributed by atoms with Crippen molar-refractivity contribution in [1.82, 2.24) is 0 Å². The number of nitrogens with zero attached hydrogens (tertiary/aromatic N) is 3. The van der Waals surface area contributed by atoms with Crippen molar-refractivity contribution in [3.8, 4) is 6.07 Å². The van der Waals surface area contributed by atoms with Gasteiger partial charge in [0.2, 0.25) is 0 Å². The summed E-state index contributed by atoms with van der Waals surface area (Å²) < 4.78 is 43.3. The van der Waals surface area contributed by atoms with Crippen LogP contribution >= 0.6 is 0 Å². The summed E-state index contributed by atoms with van der Waals surface area (Å²) in [6, 6.07) is 5.41. The summed E-state index contributed by atoms with van der Waals surface area (Å²) in [4.78, 5) is 7.99. The van der Waals surface area contributed by atoms with Crippen molar-refractivity contribution in [2.24, 2.45) is 9.98 Å². The lowest BCUT2D eigenvalue weighted by Gasteiger charge is -2.10. The number of ether oxygens (including phenoxy) is 1. The highest BCUT2D eigenvalue weighted by molar-refractivity contribution is 6.01. The molecule has 0 saturated carbocycles. The topological polar surface area (TPSA) is 57.7 Å². The summed E-state index contributed by atoms with van der Waals surface area (Å²) in [5, 5.41) is 8.71. The van der Waals surface area contributed by atoms with Gasteiger partial charge in [-0.2, -0.15) is 18.4 Å². The monoisotopic (exact) mass is 281 g/mol. The number of rotatable bonds is 2. The van der Waals surface area contributed by atoms with Crippen LogP contribution < -0.4 is 0 Å². The quantitative estimate of drug-likeness (QED) is 0.836. The first-order chi connectivity index (χ1) is 9.44. The number of hydrogen-bond donors (Lipinski definition) is 0. The zero-order valence-corrected chi connectivity index (χ0v) is 10.5. The summed E-state index contributed by atoms with van der Waals surface area (Å²) in [5.41, 5.74) is -0.255. The zero-order chi connectivity index (χ0) is 14.8. The number of alkyl halides is 3. The Labute approximate surface area is 113 Å². The van der Waals surface area contributed by atoms with Crippen molar-refractivity contribution in [2.75, 3.05) is 13.7 Å². The number of halogens is 3. The van der Waals surface area contributed by atoms with E-state index in [0.717, 1.165) is 6.07 Å². The van der Waals surface area contributed by atoms with Crippen LogP contribution in [0.3, 0.4) is 0 Å². The Morgan fingerprint density at radius 1 is 1.40 bits per heavy atom. The lowest BCUT2D eigenvalue weighted by molar-refractivity contribution is -0.137. The van der Waals surface area contributed by atoms with Gasteiger partial charge in [0.15, 0.2) is 0 Å². The normalized spacial score (nSPS) is 14.6. The van der Waals surface area contributed by atoms with Crippen LogP contribution in [0.2, 0.25) is 0 Å². The van der Waals surface area contributed by atoms with Crippen LogP contribution in [0.5, 0.6) is 0 Å². The van der Waals surface area contributed by atoms with E-state index in [2.05, 4.69) is 9.98 Å². The second-order valence-electron chi connectivity index (χ2n) is 4.15. The highest BCUT2D eigenvalue weighted by Crippen LogP contribution is 2.32. The standard InChI is InChI=1S/C13H10F3N3O/c1-20-12-18-7-10(19-12)4-8-2-3-9(6-17)11(5-8)13(14,15)16/h2-3,5H,4,7H2,1H3. The molecule has 7 heteroatoms. The van der Waals surface area contributed by atoms with Gasteiger partial charge in [0.25, 0.3) is 0 Å². The van der Waals surface area contributed by atoms with E-state index < -0.39 is 11.7 Å². The van der Waals surface area contributed by atoms with E-state index in [4.69, 9.17) is 10.00 Å². The van der Waals surface area contributed by atoms with Crippen LogP contribution in [0.1, 0.15) is 16.7 Å². The van der Waals surface area contributed by atoms with E-state index in [-0.39, 0.29) is 18.0 Å². The first kappa shape index (κ1) is 14.1. The van der Waals surface area contributed by atoms with Gasteiger partial charge in [-0.05, 0) is 17.7 Å². The third-order valence-electron chi connectivity index (χ3n) is 2.75. The van der Waals surface area contributed by atoms with Crippen molar-refractivity contribution in [1.29, 1.82) is 5.26 Å². The maximum Gasteiger partial charge on any atom is 0.417 e. The first-order valence-electron chi connectivity index (χ1n) is 5.69. The molecule has 1 aromatic carbocycles. The van der Waals surface area contributed by atoms with Gasteiger partial charge >= 0.3 is 12.2 Å². The highest BCUT2D eigenvalue weighted by atomic mass is 19.4. The molecule has 1 heterocycles. The van der Waals surface area contributed by atoms with E-state index in [1.807, 2.05) is 0 Å². The Morgan fingerprint density at radius 3 is 2.70 bits per heavy atom. The first-order valence-corrected chi connectivity index (χ1v) is 5.69. The summed E-state index contributed by atoms with van der Waals surface area (Å²) in [6.07, 6.45) is -4.31. The smallest absolute Gasteiger partial charge is 0.417 e. The average molecular weight is 281 g/mol. The average Bonchev–Trinajstić information content (AvgIpc) is 2.85. The predicted octanol–water partition coefficient (Wildman–Crippen LogP) is 2.58. The van der Waals surface area contributed by atoms with Gasteiger partial charge in [-0.25, -0.2) is 9.98 Å². The van der Waals surface area contributed by atoms with Crippen LogP contribution in [0.25, 0.3) is 0 Å². The maximum atomic E-state index is 12.8. The molecular formula is C13H10F3N3O. The Hall–Kier alpha value is -2.36. The number of amidine groups is 1. The summed E-state index contributed by atoms with van der Waals surface area (Å²) in [5.74, 6) is 0. The molecule has 0 aliphatic carbocycles. The number of nitriles is 1. The molecule has 2 rings (SSSR count). The van der Waals surface area contributed by atoms with E-state index >= 15 is 0 Å². The third-order valence-corrected chi connectivity index (χ3v) is 2.75. The van der Waals surface area contributed by atoms with Crippen molar-refractivity contribution in [3.05, 3.63) is 34.9 Å². The van der Waals surface area contributed by atoms with Crippen molar-refractivity contribution < 1.29 is 17.9 Å². The fraction of sp³-hybridized carbons (Fsp3) is 0.308. The van der Waals surface area contributed by atoms with E-state index in [0.29, 0.717) is 17.8 Å². The minimum absolute atomic E-state index is 0.227. The van der Waals surface area contributed by atoms with Gasteiger partial charge in [0, 0.05) is 12.1 Å². The minimum Gasteiger partial charge on any atom is -0.467 e. The fourth-order valence-corrected chi connectivity index (χ4v) is 1.84. The number of benzene rings is 1. The lowest BCUT2D eigenvalue weighted by Crippen LogP contribution is -2.10. The Morgan fingerprint density at radius 2 is 2.15 bits per heavy atom. The Kier molecular flexibility index (Phi) is 3.74. The van der Waals surface area contributed by atoms with Crippen LogP contribution in [-0.4, -0.2) is 25.4 Å². The number of hydrogen-bond acceptors (Lipinski definition) is 4. The minimum atomic E-state index is -4.55. The molecule has 0 radical (unpaired) electrons. The van der Waals surface area contributed by atoms with Gasteiger partial charge in [-0.1, -0.05) is 6.07 Å². The zero-order valence-electron chi connectivity index (χ0n) is 10.5.